The SMILES string of the molecule is C=C[C@@H]1C[C@]1(NC(=O)[C@@H]1C[C@@](OC)(c2ccc(C)cc2)CN1C(=O)[C@@H](NC(=O)OC1CCCC1)C(C)(C)C)C(=O)NS(=O)(=O)C1CC1. The number of carbonyl (C=O) groups excluding carboxylic acids is 4. The van der Waals surface area contributed by atoms with E-state index in [4.69, 9.17) is 9.47 Å². The molecule has 4 aliphatic rings. The molecule has 258 valence electrons. The summed E-state index contributed by atoms with van der Waals surface area (Å²) >= 11 is 0. The summed E-state index contributed by atoms with van der Waals surface area (Å²) in [7, 11) is -2.35. The van der Waals surface area contributed by atoms with E-state index in [2.05, 4.69) is 21.9 Å². The number of nitrogens with one attached hydrogen (secondary N) is 3. The lowest BCUT2D eigenvalue weighted by atomic mass is 9.85. The normalized spacial score (nSPS) is 28.3. The fourth-order valence-electron chi connectivity index (χ4n) is 6.81. The van der Waals surface area contributed by atoms with E-state index in [1.54, 1.807) is 0 Å². The van der Waals surface area contributed by atoms with Crippen LogP contribution in [0.15, 0.2) is 36.9 Å². The van der Waals surface area contributed by atoms with Gasteiger partial charge in [0, 0.05) is 19.4 Å². The lowest BCUT2D eigenvalue weighted by Gasteiger charge is -2.36. The van der Waals surface area contributed by atoms with E-state index in [0.29, 0.717) is 12.8 Å². The zero-order chi connectivity index (χ0) is 34.4. The molecule has 5 rings (SSSR count). The van der Waals surface area contributed by atoms with Crippen molar-refractivity contribution < 1.29 is 37.1 Å². The predicted molar refractivity (Wildman–Crippen MR) is 174 cm³/mol. The molecule has 47 heavy (non-hydrogen) atoms. The number of amides is 4. The number of nitrogens with zero attached hydrogens (tertiary/aromatic N) is 1. The molecule has 0 unspecified atom stereocenters. The molecular weight excluding hydrogens is 624 g/mol. The first kappa shape index (κ1) is 34.9. The van der Waals surface area contributed by atoms with E-state index in [1.165, 1.54) is 18.1 Å². The van der Waals surface area contributed by atoms with Crippen molar-refractivity contribution in [2.45, 2.75) is 114 Å². The minimum atomic E-state index is -3.87. The fourth-order valence-corrected chi connectivity index (χ4v) is 8.18. The zero-order valence-electron chi connectivity index (χ0n) is 28.0. The average Bonchev–Trinajstić information content (AvgIpc) is 3.89. The number of carbonyl (C=O) groups is 4. The summed E-state index contributed by atoms with van der Waals surface area (Å²) in [6.07, 6.45) is 5.28. The highest BCUT2D eigenvalue weighted by molar-refractivity contribution is 7.91. The number of alkyl carbamates (subject to hydrolysis) is 1. The number of hydrogen-bond donors (Lipinski definition) is 3. The van der Waals surface area contributed by atoms with Gasteiger partial charge < -0.3 is 25.0 Å². The van der Waals surface area contributed by atoms with Crippen molar-refractivity contribution in [3.05, 3.63) is 48.0 Å². The van der Waals surface area contributed by atoms with Crippen LogP contribution in [-0.2, 0) is 39.5 Å². The van der Waals surface area contributed by atoms with Gasteiger partial charge in [-0.15, -0.1) is 6.58 Å². The number of ether oxygens (including phenoxy) is 2. The Labute approximate surface area is 277 Å². The first-order chi connectivity index (χ1) is 22.0. The Morgan fingerprint density at radius 1 is 1.04 bits per heavy atom. The summed E-state index contributed by atoms with van der Waals surface area (Å²) in [4.78, 5) is 56.6. The molecule has 0 spiro atoms. The van der Waals surface area contributed by atoms with Crippen LogP contribution in [0.4, 0.5) is 4.79 Å². The second kappa shape index (κ2) is 12.9. The zero-order valence-corrected chi connectivity index (χ0v) is 28.8. The van der Waals surface area contributed by atoms with Crippen molar-refractivity contribution in [1.29, 1.82) is 0 Å². The predicted octanol–water partition coefficient (Wildman–Crippen LogP) is 3.19. The molecule has 0 aromatic heterocycles. The highest BCUT2D eigenvalue weighted by Gasteiger charge is 2.62. The van der Waals surface area contributed by atoms with E-state index in [1.807, 2.05) is 52.0 Å². The number of aryl methyl sites for hydroxylation is 1. The molecule has 1 heterocycles. The molecule has 3 saturated carbocycles. The van der Waals surface area contributed by atoms with Crippen LogP contribution in [0.1, 0.15) is 83.3 Å². The Hall–Kier alpha value is -3.45. The molecule has 0 radical (unpaired) electrons. The maximum absolute atomic E-state index is 14.5. The highest BCUT2D eigenvalue weighted by Crippen LogP contribution is 2.46. The number of rotatable bonds is 11. The Balaban J connectivity index is 1.45. The van der Waals surface area contributed by atoms with E-state index in [9.17, 15) is 27.6 Å². The molecule has 1 saturated heterocycles. The van der Waals surface area contributed by atoms with E-state index in [-0.39, 0.29) is 25.5 Å². The lowest BCUT2D eigenvalue weighted by molar-refractivity contribution is -0.143. The monoisotopic (exact) mass is 672 g/mol. The quantitative estimate of drug-likeness (QED) is 0.302. The van der Waals surface area contributed by atoms with Gasteiger partial charge in [-0.2, -0.15) is 0 Å². The average molecular weight is 673 g/mol. The van der Waals surface area contributed by atoms with Gasteiger partial charge in [-0.25, -0.2) is 13.2 Å². The van der Waals surface area contributed by atoms with E-state index in [0.717, 1.165) is 36.8 Å². The molecule has 1 aromatic carbocycles. The van der Waals surface area contributed by atoms with Crippen LogP contribution >= 0.6 is 0 Å². The summed E-state index contributed by atoms with van der Waals surface area (Å²) < 4.78 is 39.2. The number of benzene rings is 1. The molecule has 3 N–H and O–H groups in total. The molecule has 1 aliphatic heterocycles. The molecule has 12 nitrogen and oxygen atoms in total. The Morgan fingerprint density at radius 3 is 2.21 bits per heavy atom. The van der Waals surface area contributed by atoms with Crippen molar-refractivity contribution in [2.24, 2.45) is 11.3 Å². The topological polar surface area (TPSA) is 160 Å². The van der Waals surface area contributed by atoms with Crippen LogP contribution in [0.3, 0.4) is 0 Å². The smallest absolute Gasteiger partial charge is 0.408 e. The van der Waals surface area contributed by atoms with E-state index < -0.39 is 73.6 Å². The molecule has 4 fully saturated rings. The van der Waals surface area contributed by atoms with Gasteiger partial charge in [0.05, 0.1) is 11.8 Å². The number of likely N-dealkylation sites (tertiary alicyclic amines) is 1. The maximum Gasteiger partial charge on any atom is 0.408 e. The first-order valence-corrected chi connectivity index (χ1v) is 18.0. The standard InChI is InChI=1S/C34H48N4O8S/c1-7-22-18-34(22,30(41)37-47(43,44)25-16-17-25)36-28(39)26-19-33(45-6,23-14-12-21(2)13-15-23)20-38(26)29(40)27(32(3,4)5)35-31(42)46-24-10-8-9-11-24/h7,12-15,22,24-27H,1,8-11,16-20H2,2-6H3,(H,35,42)(H,36,39)(H,37,41)/t22-,26+,27-,33+,34-/m1/s1. The van der Waals surface area contributed by atoms with Crippen molar-refractivity contribution in [2.75, 3.05) is 13.7 Å². The highest BCUT2D eigenvalue weighted by atomic mass is 32.2. The molecule has 0 bridgehead atoms. The Bertz CT molecular complexity index is 1510. The summed E-state index contributed by atoms with van der Waals surface area (Å²) in [5, 5.41) is 4.98. The summed E-state index contributed by atoms with van der Waals surface area (Å²) in [5.74, 6) is -2.45. The Kier molecular flexibility index (Phi) is 9.55. The fraction of sp³-hybridized carbons (Fsp3) is 0.647. The van der Waals surface area contributed by atoms with Crippen LogP contribution in [0.2, 0.25) is 0 Å². The first-order valence-electron chi connectivity index (χ1n) is 16.5. The Morgan fingerprint density at radius 2 is 1.68 bits per heavy atom. The molecular formula is C34H48N4O8S. The van der Waals surface area contributed by atoms with Crippen molar-refractivity contribution >= 4 is 33.8 Å². The second-order valence-corrected chi connectivity index (χ2v) is 16.6. The van der Waals surface area contributed by atoms with Crippen molar-refractivity contribution in [3.63, 3.8) is 0 Å². The van der Waals surface area contributed by atoms with Crippen molar-refractivity contribution in [3.8, 4) is 0 Å². The van der Waals surface area contributed by atoms with Gasteiger partial charge in [-0.3, -0.25) is 19.1 Å². The van der Waals surface area contributed by atoms with Gasteiger partial charge in [0.15, 0.2) is 0 Å². The molecule has 13 heteroatoms. The van der Waals surface area contributed by atoms with Crippen LogP contribution in [0.5, 0.6) is 0 Å². The van der Waals surface area contributed by atoms with Gasteiger partial charge >= 0.3 is 6.09 Å². The second-order valence-electron chi connectivity index (χ2n) is 14.7. The third-order valence-electron chi connectivity index (χ3n) is 10.1. The van der Waals surface area contributed by atoms with Crippen LogP contribution in [0.25, 0.3) is 0 Å². The van der Waals surface area contributed by atoms with Gasteiger partial charge in [-0.05, 0) is 62.8 Å². The third-order valence-corrected chi connectivity index (χ3v) is 11.9. The summed E-state index contributed by atoms with van der Waals surface area (Å²) in [5.41, 5.74) is -1.58. The molecule has 4 amide bonds. The summed E-state index contributed by atoms with van der Waals surface area (Å²) in [6.45, 7) is 11.2. The van der Waals surface area contributed by atoms with Crippen LogP contribution in [-0.4, -0.2) is 79.8 Å². The maximum atomic E-state index is 14.5. The third kappa shape index (κ3) is 7.20. The molecule has 3 aliphatic carbocycles. The van der Waals surface area contributed by atoms with Crippen molar-refractivity contribution in [1.82, 2.24) is 20.3 Å². The van der Waals surface area contributed by atoms with Gasteiger partial charge in [0.1, 0.15) is 29.3 Å². The number of methoxy groups -OCH3 is 1. The molecule has 1 aromatic rings. The largest absolute Gasteiger partial charge is 0.446 e. The minimum absolute atomic E-state index is 0.00441. The lowest BCUT2D eigenvalue weighted by Crippen LogP contribution is -2.60. The summed E-state index contributed by atoms with van der Waals surface area (Å²) in [6, 6.07) is 5.47. The molecule has 5 atom stereocenters. The minimum Gasteiger partial charge on any atom is -0.446 e. The number of hydrogen-bond acceptors (Lipinski definition) is 8. The van der Waals surface area contributed by atoms with E-state index >= 15 is 0 Å². The number of sulfonamides is 1. The van der Waals surface area contributed by atoms with Crippen LogP contribution in [0, 0.1) is 18.3 Å². The van der Waals surface area contributed by atoms with Gasteiger partial charge in [0.25, 0.3) is 5.91 Å². The van der Waals surface area contributed by atoms with Gasteiger partial charge in [0.2, 0.25) is 21.8 Å². The van der Waals surface area contributed by atoms with Gasteiger partial charge in [-0.1, -0.05) is 56.7 Å². The van der Waals surface area contributed by atoms with Crippen LogP contribution < -0.4 is 15.4 Å².